The topological polar surface area (TPSA) is 43.0 Å². The van der Waals surface area contributed by atoms with E-state index in [-0.39, 0.29) is 17.1 Å². The Hall–Kier alpha value is -0.411. The largest absolute Gasteiger partial charge is 0 e. The van der Waals surface area contributed by atoms with Crippen molar-refractivity contribution in [2.75, 3.05) is 14.1 Å². The van der Waals surface area contributed by atoms with E-state index < -0.39 is 0 Å². The van der Waals surface area contributed by atoms with Crippen LogP contribution in [0.5, 0.6) is 0 Å². The SMILES string of the molecule is CC1=CC=C[CH]1.CN(C)C(=S)[S-].[C-]#[O+].[C-]#[O+].[Fe]. The molecule has 95 valence electrons. The van der Waals surface area contributed by atoms with Crippen molar-refractivity contribution in [2.24, 2.45) is 0 Å². The molecule has 0 aromatic carbocycles. The number of hydrogen-bond acceptors (Lipinski definition) is 2. The molecule has 1 radical (unpaired) electrons. The Bertz CT molecular complexity index is 278. The normalized spacial score (nSPS) is 9.47. The van der Waals surface area contributed by atoms with E-state index in [9.17, 15) is 0 Å². The second-order valence-corrected chi connectivity index (χ2v) is 3.65. The molecule has 6 heteroatoms. The van der Waals surface area contributed by atoms with Gasteiger partial charge in [0.2, 0.25) is 0 Å². The quantitative estimate of drug-likeness (QED) is 0.226. The van der Waals surface area contributed by atoms with Gasteiger partial charge in [-0.05, 0) is 6.92 Å². The third kappa shape index (κ3) is 25.7. The number of hydrogen-bond donors (Lipinski definition) is 0. The van der Waals surface area contributed by atoms with Crippen LogP contribution >= 0.6 is 12.2 Å². The molecule has 0 unspecified atom stereocenters. The first kappa shape index (κ1) is 25.4. The zero-order chi connectivity index (χ0) is 13.6. The summed E-state index contributed by atoms with van der Waals surface area (Å²) in [5.41, 5.74) is 1.34. The maximum absolute atomic E-state index is 7.50. The van der Waals surface area contributed by atoms with Crippen LogP contribution in [-0.4, -0.2) is 23.3 Å². The zero-order valence-corrected chi connectivity index (χ0v) is 12.5. The number of nitrogens with zero attached hydrogens (tertiary/aromatic N) is 1. The van der Waals surface area contributed by atoms with Gasteiger partial charge in [-0.25, -0.2) is 0 Å². The second kappa shape index (κ2) is 20.9. The average molecular weight is 311 g/mol. The minimum Gasteiger partial charge on any atom is 0 e. The van der Waals surface area contributed by atoms with Crippen molar-refractivity contribution in [3.8, 4) is 0 Å². The van der Waals surface area contributed by atoms with Gasteiger partial charge < -0.3 is 29.7 Å². The Labute approximate surface area is 125 Å². The minimum atomic E-state index is 0. The fourth-order valence-corrected chi connectivity index (χ4v) is 0.470. The van der Waals surface area contributed by atoms with Gasteiger partial charge in [0.25, 0.3) is 0 Å². The van der Waals surface area contributed by atoms with Crippen LogP contribution in [-0.2, 0) is 39.0 Å². The van der Waals surface area contributed by atoms with Gasteiger partial charge in [0.05, 0.1) is 0 Å². The van der Waals surface area contributed by atoms with Crippen molar-refractivity contribution in [2.45, 2.75) is 6.92 Å². The molecule has 1 rings (SSSR count). The number of thiocarbonyl (C=S) groups is 1. The summed E-state index contributed by atoms with van der Waals surface area (Å²) >= 11 is 9.12. The predicted octanol–water partition coefficient (Wildman–Crippen LogP) is 2.01. The number of rotatable bonds is 0. The Morgan fingerprint density at radius 1 is 1.24 bits per heavy atom. The minimum absolute atomic E-state index is 0. The standard InChI is InChI=1S/C6H7.C3H7NS2.2CO.Fe/c1-6-4-2-3-5-6;1-4(2)3(5)6;2*1-2;/h2-5H,1H3;1-2H3,(H,5,6);;;/p-1. The van der Waals surface area contributed by atoms with Gasteiger partial charge in [-0.15, -0.1) is 0 Å². The molecule has 0 aliphatic heterocycles. The summed E-state index contributed by atoms with van der Waals surface area (Å²) in [6.07, 6.45) is 8.24. The second-order valence-electron chi connectivity index (χ2n) is 2.62. The first-order valence-corrected chi connectivity index (χ1v) is 4.83. The van der Waals surface area contributed by atoms with Crippen molar-refractivity contribution in [3.63, 3.8) is 0 Å². The summed E-state index contributed by atoms with van der Waals surface area (Å²) < 4.78 is 15.5. The van der Waals surface area contributed by atoms with Crippen molar-refractivity contribution in [3.05, 3.63) is 43.5 Å². The van der Waals surface area contributed by atoms with Crippen molar-refractivity contribution in [1.82, 2.24) is 4.90 Å². The molecule has 0 saturated heterocycles. The van der Waals surface area contributed by atoms with E-state index >= 15 is 0 Å². The Balaban J connectivity index is -0.0000000737. The molecule has 0 fully saturated rings. The van der Waals surface area contributed by atoms with Gasteiger partial charge in [-0.3, -0.25) is 0 Å². The average Bonchev–Trinajstić information content (AvgIpc) is 2.76. The first-order valence-electron chi connectivity index (χ1n) is 4.01. The molecule has 0 N–H and O–H groups in total. The van der Waals surface area contributed by atoms with Crippen LogP contribution in [0.1, 0.15) is 6.92 Å². The van der Waals surface area contributed by atoms with Crippen molar-refractivity contribution < 1.29 is 26.4 Å². The molecule has 1 aliphatic rings. The first-order chi connectivity index (χ1) is 7.54. The van der Waals surface area contributed by atoms with E-state index in [1.165, 1.54) is 5.57 Å². The van der Waals surface area contributed by atoms with Gasteiger partial charge in [-0.1, -0.05) is 28.1 Å². The van der Waals surface area contributed by atoms with Crippen molar-refractivity contribution >= 4 is 29.2 Å². The third-order valence-electron chi connectivity index (χ3n) is 1.19. The Morgan fingerprint density at radius 2 is 1.59 bits per heavy atom. The molecule has 0 atom stereocenters. The maximum atomic E-state index is 7.50. The van der Waals surface area contributed by atoms with Crippen LogP contribution < -0.4 is 0 Å². The van der Waals surface area contributed by atoms with Crippen molar-refractivity contribution in [1.29, 1.82) is 0 Å². The Morgan fingerprint density at radius 3 is 1.65 bits per heavy atom. The van der Waals surface area contributed by atoms with Gasteiger partial charge in [0.1, 0.15) is 0 Å². The summed E-state index contributed by atoms with van der Waals surface area (Å²) in [6.45, 7) is 11.1. The van der Waals surface area contributed by atoms with Gasteiger partial charge >= 0.3 is 22.6 Å². The van der Waals surface area contributed by atoms with Crippen LogP contribution in [0.25, 0.3) is 0 Å². The van der Waals surface area contributed by atoms with Gasteiger partial charge in [0, 0.05) is 37.6 Å². The molecule has 0 heterocycles. The molecular weight excluding hydrogens is 298 g/mol. The van der Waals surface area contributed by atoms with E-state index in [0.717, 1.165) is 0 Å². The molecular formula is C11H13FeNO2S2-. The Kier molecular flexibility index (Phi) is 31.3. The monoisotopic (exact) mass is 311 g/mol. The molecule has 0 aromatic rings. The van der Waals surface area contributed by atoms with E-state index in [0.29, 0.717) is 4.32 Å². The van der Waals surface area contributed by atoms with Crippen LogP contribution in [0.15, 0.2) is 23.8 Å². The van der Waals surface area contributed by atoms with Crippen LogP contribution in [0.3, 0.4) is 0 Å². The van der Waals surface area contributed by atoms with Crippen LogP contribution in [0, 0.1) is 19.7 Å². The molecule has 1 aliphatic carbocycles. The van der Waals surface area contributed by atoms with Crippen LogP contribution in [0.2, 0.25) is 0 Å². The summed E-state index contributed by atoms with van der Waals surface area (Å²) in [7, 11) is 3.66. The fraction of sp³-hybridized carbons (Fsp3) is 0.273. The molecule has 3 nitrogen and oxygen atoms in total. The van der Waals surface area contributed by atoms with Gasteiger partial charge in [0.15, 0.2) is 0 Å². The summed E-state index contributed by atoms with van der Waals surface area (Å²) in [5.74, 6) is 0. The summed E-state index contributed by atoms with van der Waals surface area (Å²) in [5, 5.41) is 0. The molecule has 17 heavy (non-hydrogen) atoms. The van der Waals surface area contributed by atoms with E-state index in [1.807, 2.05) is 26.2 Å². The van der Waals surface area contributed by atoms with E-state index in [2.05, 4.69) is 57.6 Å². The van der Waals surface area contributed by atoms with Crippen LogP contribution in [0.4, 0.5) is 0 Å². The smallest absolute Gasteiger partial charge is 0 e. The molecule has 0 amide bonds. The summed E-state index contributed by atoms with van der Waals surface area (Å²) in [6, 6.07) is 0. The zero-order valence-electron chi connectivity index (χ0n) is 9.74. The van der Waals surface area contributed by atoms with E-state index in [1.54, 1.807) is 4.90 Å². The maximum Gasteiger partial charge on any atom is 0 e. The molecule has 0 bridgehead atoms. The number of allylic oxidation sites excluding steroid dienone is 4. The third-order valence-corrected chi connectivity index (χ3v) is 1.92. The predicted molar refractivity (Wildman–Crippen MR) is 68.7 cm³/mol. The van der Waals surface area contributed by atoms with E-state index in [4.69, 9.17) is 9.30 Å². The van der Waals surface area contributed by atoms with Gasteiger partial charge in [-0.2, -0.15) is 0 Å². The molecule has 0 spiro atoms. The molecule has 0 aromatic heterocycles. The fourth-order valence-electron chi connectivity index (χ4n) is 0.470. The summed E-state index contributed by atoms with van der Waals surface area (Å²) in [4.78, 5) is 1.71. The molecule has 0 saturated carbocycles.